The molecule has 42 heavy (non-hydrogen) atoms. The van der Waals surface area contributed by atoms with Crippen molar-refractivity contribution in [2.75, 3.05) is 18.4 Å². The highest BCUT2D eigenvalue weighted by Gasteiger charge is 2.33. The average Bonchev–Trinajstić information content (AvgIpc) is 2.95. The van der Waals surface area contributed by atoms with Crippen LogP contribution in [0.15, 0.2) is 66.7 Å². The lowest BCUT2D eigenvalue weighted by atomic mass is 10.1. The Bertz CT molecular complexity index is 1480. The predicted molar refractivity (Wildman–Crippen MR) is 143 cm³/mol. The van der Waals surface area contributed by atoms with Gasteiger partial charge in [0.15, 0.2) is 0 Å². The third-order valence-corrected chi connectivity index (χ3v) is 5.83. The van der Waals surface area contributed by atoms with Gasteiger partial charge >= 0.3 is 6.18 Å². The molecule has 0 heterocycles. The minimum absolute atomic E-state index is 0.0946. The molecule has 0 saturated carbocycles. The first-order valence-corrected chi connectivity index (χ1v) is 12.4. The first kappa shape index (κ1) is 31.8. The highest BCUT2D eigenvalue weighted by atomic mass is 19.4. The van der Waals surface area contributed by atoms with Gasteiger partial charge < -0.3 is 16.0 Å². The van der Waals surface area contributed by atoms with Gasteiger partial charge in [-0.2, -0.15) is 13.2 Å². The van der Waals surface area contributed by atoms with Gasteiger partial charge in [-0.1, -0.05) is 30.1 Å². The zero-order valence-electron chi connectivity index (χ0n) is 22.1. The number of anilines is 1. The molecule has 0 aliphatic heterocycles. The van der Waals surface area contributed by atoms with Crippen molar-refractivity contribution in [3.05, 3.63) is 100 Å². The van der Waals surface area contributed by atoms with Gasteiger partial charge in [-0.25, -0.2) is 4.39 Å². The lowest BCUT2D eigenvalue weighted by Crippen LogP contribution is -2.37. The molecule has 1 atom stereocenters. The number of amides is 3. The molecule has 3 rings (SSSR count). The number of hydroxylamine groups is 2. The Hall–Kier alpha value is -4.77. The third-order valence-electron chi connectivity index (χ3n) is 5.83. The maximum Gasteiger partial charge on any atom is 0.416 e. The van der Waals surface area contributed by atoms with E-state index in [0.29, 0.717) is 28.4 Å². The summed E-state index contributed by atoms with van der Waals surface area (Å²) in [6.45, 7) is 0.778. The van der Waals surface area contributed by atoms with E-state index in [1.54, 1.807) is 48.5 Å². The molecule has 0 aliphatic rings. The summed E-state index contributed by atoms with van der Waals surface area (Å²) in [5, 5.41) is 24.7. The van der Waals surface area contributed by atoms with Gasteiger partial charge in [0.25, 0.3) is 11.8 Å². The second kappa shape index (κ2) is 14.2. The molecule has 3 amide bonds. The quantitative estimate of drug-likeness (QED) is 0.112. The van der Waals surface area contributed by atoms with Crippen LogP contribution in [0.1, 0.15) is 39.5 Å². The van der Waals surface area contributed by atoms with Gasteiger partial charge in [0.2, 0.25) is 5.91 Å². The number of nitrogens with zero attached hydrogens (tertiary/aromatic N) is 1. The van der Waals surface area contributed by atoms with Crippen molar-refractivity contribution in [2.24, 2.45) is 5.92 Å². The standard InChI is InChI=1S/C29H26F4N4O5/c1-18(28(40)37(41)42)15-35-27(39)21-8-4-19(5-9-21)2-3-20-6-12-24(13-7-20)36-26(38)17-34-16-22-10-11-23(30)14-25(22)29(31,32)33/h4-14,18,34,41-42H,15-17H2,1H3,(H,35,39)(H,36,38). The van der Waals surface area contributed by atoms with Crippen molar-refractivity contribution in [3.8, 4) is 11.8 Å². The van der Waals surface area contributed by atoms with Gasteiger partial charge in [0.05, 0.1) is 18.0 Å². The number of carbonyl (C=O) groups excluding carboxylic acids is 3. The van der Waals surface area contributed by atoms with E-state index < -0.39 is 46.4 Å². The van der Waals surface area contributed by atoms with Gasteiger partial charge in [0.1, 0.15) is 5.82 Å². The van der Waals surface area contributed by atoms with Crippen LogP contribution in [0.4, 0.5) is 23.2 Å². The Kier molecular flexibility index (Phi) is 10.8. The number of benzene rings is 3. The van der Waals surface area contributed by atoms with Crippen molar-refractivity contribution in [1.82, 2.24) is 15.9 Å². The molecule has 13 heteroatoms. The Morgan fingerprint density at radius 2 is 1.52 bits per heavy atom. The molecule has 0 bridgehead atoms. The number of hydrogen-bond donors (Lipinski definition) is 5. The number of carbonyl (C=O) groups is 3. The summed E-state index contributed by atoms with van der Waals surface area (Å²) in [5.41, 5.74) is 0.724. The molecule has 9 nitrogen and oxygen atoms in total. The highest BCUT2D eigenvalue weighted by molar-refractivity contribution is 5.94. The van der Waals surface area contributed by atoms with Crippen LogP contribution in [0.2, 0.25) is 0 Å². The second-order valence-corrected chi connectivity index (χ2v) is 9.09. The lowest BCUT2D eigenvalue weighted by molar-refractivity contribution is -0.287. The summed E-state index contributed by atoms with van der Waals surface area (Å²) in [5.74, 6) is 2.14. The van der Waals surface area contributed by atoms with E-state index in [0.717, 1.165) is 12.1 Å². The molecular weight excluding hydrogens is 560 g/mol. The predicted octanol–water partition coefficient (Wildman–Crippen LogP) is 3.95. The van der Waals surface area contributed by atoms with Crippen LogP contribution < -0.4 is 16.0 Å². The van der Waals surface area contributed by atoms with Gasteiger partial charge in [-0.05, 0) is 66.2 Å². The van der Waals surface area contributed by atoms with Gasteiger partial charge in [-0.3, -0.25) is 24.8 Å². The fraction of sp³-hybridized carbons (Fsp3) is 0.207. The van der Waals surface area contributed by atoms with Crippen LogP contribution >= 0.6 is 0 Å². The van der Waals surface area contributed by atoms with Crippen molar-refractivity contribution in [2.45, 2.75) is 19.6 Å². The smallest absolute Gasteiger partial charge is 0.351 e. The molecular formula is C29H26F4N4O5. The first-order chi connectivity index (χ1) is 19.8. The van der Waals surface area contributed by atoms with Crippen molar-refractivity contribution in [3.63, 3.8) is 0 Å². The van der Waals surface area contributed by atoms with Crippen LogP contribution in [-0.2, 0) is 22.3 Å². The molecule has 0 aliphatic carbocycles. The number of alkyl halides is 3. The van der Waals surface area contributed by atoms with Crippen molar-refractivity contribution in [1.29, 1.82) is 0 Å². The summed E-state index contributed by atoms with van der Waals surface area (Å²) in [6.07, 6.45) is -4.72. The number of hydrogen-bond acceptors (Lipinski definition) is 6. The number of nitrogens with one attached hydrogen (secondary N) is 3. The monoisotopic (exact) mass is 586 g/mol. The van der Waals surface area contributed by atoms with E-state index in [1.807, 2.05) is 0 Å². The van der Waals surface area contributed by atoms with Crippen LogP contribution in [-0.4, -0.2) is 46.5 Å². The molecule has 0 fully saturated rings. The zero-order valence-corrected chi connectivity index (χ0v) is 22.1. The number of halogens is 4. The topological polar surface area (TPSA) is 131 Å². The second-order valence-electron chi connectivity index (χ2n) is 9.09. The largest absolute Gasteiger partial charge is 0.416 e. The summed E-state index contributed by atoms with van der Waals surface area (Å²) >= 11 is 0. The van der Waals surface area contributed by atoms with Crippen LogP contribution in [0, 0.1) is 23.6 Å². The Labute approximate surface area is 238 Å². The minimum Gasteiger partial charge on any atom is -0.351 e. The van der Waals surface area contributed by atoms with E-state index in [9.17, 15) is 31.9 Å². The molecule has 0 aromatic heterocycles. The highest BCUT2D eigenvalue weighted by Crippen LogP contribution is 2.32. The molecule has 1 unspecified atom stereocenters. The van der Waals surface area contributed by atoms with Gasteiger partial charge in [0, 0.05) is 35.5 Å². The first-order valence-electron chi connectivity index (χ1n) is 12.4. The van der Waals surface area contributed by atoms with Crippen molar-refractivity contribution < 1.29 is 42.4 Å². The summed E-state index contributed by atoms with van der Waals surface area (Å²) in [6, 6.07) is 15.2. The molecule has 0 radical (unpaired) electrons. The molecule has 3 aromatic rings. The Morgan fingerprint density at radius 1 is 0.929 bits per heavy atom. The van der Waals surface area contributed by atoms with E-state index in [4.69, 9.17) is 10.4 Å². The minimum atomic E-state index is -4.72. The third kappa shape index (κ3) is 9.41. The SMILES string of the molecule is CC(CNC(=O)c1ccc(C#Cc2ccc(NC(=O)CNCc3ccc(F)cc3C(F)(F)F)cc2)cc1)C(=O)N(O)O. The molecule has 0 saturated heterocycles. The average molecular weight is 587 g/mol. The normalized spacial score (nSPS) is 11.6. The van der Waals surface area contributed by atoms with E-state index in [1.165, 1.54) is 6.92 Å². The number of rotatable bonds is 9. The zero-order chi connectivity index (χ0) is 30.9. The molecule has 5 N–H and O–H groups in total. The summed E-state index contributed by atoms with van der Waals surface area (Å²) < 4.78 is 52.5. The maximum absolute atomic E-state index is 13.2. The van der Waals surface area contributed by atoms with E-state index in [-0.39, 0.29) is 25.2 Å². The Balaban J connectivity index is 1.48. The fourth-order valence-corrected chi connectivity index (χ4v) is 3.60. The van der Waals surface area contributed by atoms with Crippen LogP contribution in [0.5, 0.6) is 0 Å². The molecule has 0 spiro atoms. The Morgan fingerprint density at radius 3 is 2.10 bits per heavy atom. The maximum atomic E-state index is 13.2. The van der Waals surface area contributed by atoms with Crippen LogP contribution in [0.3, 0.4) is 0 Å². The summed E-state index contributed by atoms with van der Waals surface area (Å²) in [7, 11) is 0. The molecule has 220 valence electrons. The van der Waals surface area contributed by atoms with E-state index >= 15 is 0 Å². The van der Waals surface area contributed by atoms with Crippen LogP contribution in [0.25, 0.3) is 0 Å². The van der Waals surface area contributed by atoms with E-state index in [2.05, 4.69) is 27.8 Å². The lowest BCUT2D eigenvalue weighted by Gasteiger charge is -2.14. The summed E-state index contributed by atoms with van der Waals surface area (Å²) in [4.78, 5) is 35.8. The molecule has 3 aromatic carbocycles. The fourth-order valence-electron chi connectivity index (χ4n) is 3.60. The van der Waals surface area contributed by atoms with Gasteiger partial charge in [-0.15, -0.1) is 0 Å². The van der Waals surface area contributed by atoms with Crippen molar-refractivity contribution >= 4 is 23.4 Å².